The SMILES string of the molecule is Cc1cc(CNC2Cc3ccccc3C2)no1. The fraction of sp³-hybridized carbons (Fsp3) is 0.357. The van der Waals surface area contributed by atoms with Crippen molar-refractivity contribution in [2.45, 2.75) is 32.4 Å². The highest BCUT2D eigenvalue weighted by Crippen LogP contribution is 2.21. The van der Waals surface area contributed by atoms with Crippen molar-refractivity contribution in [2.75, 3.05) is 0 Å². The number of aryl methyl sites for hydroxylation is 1. The summed E-state index contributed by atoms with van der Waals surface area (Å²) in [6, 6.07) is 11.2. The van der Waals surface area contributed by atoms with Crippen molar-refractivity contribution in [1.29, 1.82) is 0 Å². The second-order valence-corrected chi connectivity index (χ2v) is 4.68. The van der Waals surface area contributed by atoms with Crippen LogP contribution in [-0.4, -0.2) is 11.2 Å². The van der Waals surface area contributed by atoms with Crippen LogP contribution in [-0.2, 0) is 19.4 Å². The third-order valence-electron chi connectivity index (χ3n) is 3.30. The minimum atomic E-state index is 0.532. The zero-order valence-corrected chi connectivity index (χ0v) is 9.94. The summed E-state index contributed by atoms with van der Waals surface area (Å²) in [6.07, 6.45) is 2.24. The molecule has 0 saturated heterocycles. The predicted molar refractivity (Wildman–Crippen MR) is 65.7 cm³/mol. The summed E-state index contributed by atoms with van der Waals surface area (Å²) < 4.78 is 5.05. The normalized spacial score (nSPS) is 15.1. The maximum atomic E-state index is 5.05. The van der Waals surface area contributed by atoms with E-state index in [-0.39, 0.29) is 0 Å². The molecule has 0 bridgehead atoms. The van der Waals surface area contributed by atoms with Crippen LogP contribution in [0, 0.1) is 6.92 Å². The molecule has 17 heavy (non-hydrogen) atoms. The largest absolute Gasteiger partial charge is 0.361 e. The number of nitrogens with one attached hydrogen (secondary N) is 1. The van der Waals surface area contributed by atoms with Crippen molar-refractivity contribution in [1.82, 2.24) is 10.5 Å². The third-order valence-corrected chi connectivity index (χ3v) is 3.30. The summed E-state index contributed by atoms with van der Waals surface area (Å²) in [6.45, 7) is 2.71. The molecule has 88 valence electrons. The first-order valence-electron chi connectivity index (χ1n) is 6.03. The maximum absolute atomic E-state index is 5.05. The van der Waals surface area contributed by atoms with Crippen molar-refractivity contribution in [3.63, 3.8) is 0 Å². The molecule has 0 atom stereocenters. The van der Waals surface area contributed by atoms with Crippen LogP contribution < -0.4 is 5.32 Å². The molecule has 0 saturated carbocycles. The Morgan fingerprint density at radius 1 is 1.29 bits per heavy atom. The van der Waals surface area contributed by atoms with Gasteiger partial charge in [-0.05, 0) is 30.9 Å². The highest BCUT2D eigenvalue weighted by atomic mass is 16.5. The maximum Gasteiger partial charge on any atom is 0.133 e. The Balaban J connectivity index is 1.59. The van der Waals surface area contributed by atoms with Crippen LogP contribution in [0.1, 0.15) is 22.6 Å². The first-order valence-corrected chi connectivity index (χ1v) is 6.03. The molecule has 0 spiro atoms. The number of nitrogens with zero attached hydrogens (tertiary/aromatic N) is 1. The summed E-state index contributed by atoms with van der Waals surface area (Å²) >= 11 is 0. The van der Waals surface area contributed by atoms with Crippen molar-refractivity contribution in [3.05, 3.63) is 52.9 Å². The fourth-order valence-corrected chi connectivity index (χ4v) is 2.45. The minimum Gasteiger partial charge on any atom is -0.361 e. The van der Waals surface area contributed by atoms with Crippen LogP contribution >= 0.6 is 0 Å². The Hall–Kier alpha value is -1.61. The second-order valence-electron chi connectivity index (χ2n) is 4.68. The molecule has 3 heteroatoms. The van der Waals surface area contributed by atoms with Gasteiger partial charge in [0.25, 0.3) is 0 Å². The van der Waals surface area contributed by atoms with Crippen LogP contribution in [0.4, 0.5) is 0 Å². The molecule has 0 unspecified atom stereocenters. The van der Waals surface area contributed by atoms with Gasteiger partial charge in [-0.3, -0.25) is 0 Å². The van der Waals surface area contributed by atoms with E-state index in [1.807, 2.05) is 13.0 Å². The van der Waals surface area contributed by atoms with E-state index >= 15 is 0 Å². The number of aromatic nitrogens is 1. The summed E-state index contributed by atoms with van der Waals surface area (Å²) in [7, 11) is 0. The van der Waals surface area contributed by atoms with Crippen molar-refractivity contribution in [2.24, 2.45) is 0 Å². The molecule has 1 aromatic carbocycles. The third kappa shape index (κ3) is 2.24. The number of hydrogen-bond acceptors (Lipinski definition) is 3. The van der Waals surface area contributed by atoms with Gasteiger partial charge in [0.2, 0.25) is 0 Å². The lowest BCUT2D eigenvalue weighted by Crippen LogP contribution is -2.29. The molecular formula is C14H16N2O. The van der Waals surface area contributed by atoms with Gasteiger partial charge in [-0.15, -0.1) is 0 Å². The van der Waals surface area contributed by atoms with Gasteiger partial charge < -0.3 is 9.84 Å². The monoisotopic (exact) mass is 228 g/mol. The Morgan fingerprint density at radius 2 is 2.00 bits per heavy atom. The van der Waals surface area contributed by atoms with Crippen LogP contribution in [0.3, 0.4) is 0 Å². The lowest BCUT2D eigenvalue weighted by Gasteiger charge is -2.09. The van der Waals surface area contributed by atoms with Crippen molar-refractivity contribution < 1.29 is 4.52 Å². The first kappa shape index (κ1) is 10.5. The number of benzene rings is 1. The Labute approximate surface area is 101 Å². The standard InChI is InChI=1S/C14H16N2O/c1-10-6-14(16-17-10)9-15-13-7-11-4-2-3-5-12(11)8-13/h2-6,13,15H,7-9H2,1H3. The summed E-state index contributed by atoms with van der Waals surface area (Å²) in [5, 5.41) is 7.52. The average Bonchev–Trinajstić information content (AvgIpc) is 2.91. The van der Waals surface area contributed by atoms with Crippen LogP contribution in [0.5, 0.6) is 0 Å². The van der Waals surface area contributed by atoms with Gasteiger partial charge in [-0.25, -0.2) is 0 Å². The molecule has 0 amide bonds. The van der Waals surface area contributed by atoms with E-state index in [4.69, 9.17) is 4.52 Å². The summed E-state index contributed by atoms with van der Waals surface area (Å²) in [5.41, 5.74) is 3.93. The fourth-order valence-electron chi connectivity index (χ4n) is 2.45. The topological polar surface area (TPSA) is 38.1 Å². The van der Waals surface area contributed by atoms with E-state index < -0.39 is 0 Å². The quantitative estimate of drug-likeness (QED) is 0.875. The van der Waals surface area contributed by atoms with E-state index in [2.05, 4.69) is 34.7 Å². The minimum absolute atomic E-state index is 0.532. The second kappa shape index (κ2) is 4.34. The van der Waals surface area contributed by atoms with Crippen LogP contribution in [0.25, 0.3) is 0 Å². The molecular weight excluding hydrogens is 212 g/mol. The van der Waals surface area contributed by atoms with Crippen molar-refractivity contribution >= 4 is 0 Å². The predicted octanol–water partition coefficient (Wildman–Crippen LogP) is 2.24. The molecule has 3 rings (SSSR count). The zero-order chi connectivity index (χ0) is 11.7. The van der Waals surface area contributed by atoms with Gasteiger partial charge in [0, 0.05) is 18.7 Å². The Kier molecular flexibility index (Phi) is 2.69. The lowest BCUT2D eigenvalue weighted by atomic mass is 10.1. The number of rotatable bonds is 3. The molecule has 1 aliphatic rings. The highest BCUT2D eigenvalue weighted by molar-refractivity contribution is 5.33. The Morgan fingerprint density at radius 3 is 2.59 bits per heavy atom. The smallest absolute Gasteiger partial charge is 0.133 e. The van der Waals surface area contributed by atoms with E-state index in [9.17, 15) is 0 Å². The molecule has 1 aromatic heterocycles. The molecule has 0 fully saturated rings. The van der Waals surface area contributed by atoms with E-state index in [1.54, 1.807) is 0 Å². The van der Waals surface area contributed by atoms with Gasteiger partial charge in [0.15, 0.2) is 0 Å². The van der Waals surface area contributed by atoms with Gasteiger partial charge in [-0.1, -0.05) is 29.4 Å². The molecule has 3 nitrogen and oxygen atoms in total. The van der Waals surface area contributed by atoms with Crippen LogP contribution in [0.2, 0.25) is 0 Å². The molecule has 1 heterocycles. The average molecular weight is 228 g/mol. The number of hydrogen-bond donors (Lipinski definition) is 1. The molecule has 0 aliphatic heterocycles. The van der Waals surface area contributed by atoms with E-state index in [0.717, 1.165) is 30.8 Å². The van der Waals surface area contributed by atoms with Gasteiger partial charge >= 0.3 is 0 Å². The molecule has 1 N–H and O–H groups in total. The van der Waals surface area contributed by atoms with E-state index in [1.165, 1.54) is 11.1 Å². The number of fused-ring (bicyclic) bond motifs is 1. The Bertz CT molecular complexity index is 493. The first-order chi connectivity index (χ1) is 8.31. The van der Waals surface area contributed by atoms with Gasteiger partial charge in [-0.2, -0.15) is 0 Å². The van der Waals surface area contributed by atoms with Gasteiger partial charge in [0.05, 0.1) is 5.69 Å². The summed E-state index contributed by atoms with van der Waals surface area (Å²) in [5.74, 6) is 0.872. The molecule has 2 aromatic rings. The van der Waals surface area contributed by atoms with Gasteiger partial charge in [0.1, 0.15) is 5.76 Å². The van der Waals surface area contributed by atoms with Crippen LogP contribution in [0.15, 0.2) is 34.9 Å². The summed E-state index contributed by atoms with van der Waals surface area (Å²) in [4.78, 5) is 0. The lowest BCUT2D eigenvalue weighted by molar-refractivity contribution is 0.385. The molecule has 1 aliphatic carbocycles. The van der Waals surface area contributed by atoms with E-state index in [0.29, 0.717) is 6.04 Å². The van der Waals surface area contributed by atoms with Crippen molar-refractivity contribution in [3.8, 4) is 0 Å². The molecule has 0 radical (unpaired) electrons. The highest BCUT2D eigenvalue weighted by Gasteiger charge is 2.20. The zero-order valence-electron chi connectivity index (χ0n) is 9.94.